The molecule has 214 valence electrons. The predicted molar refractivity (Wildman–Crippen MR) is 154 cm³/mol. The predicted octanol–water partition coefficient (Wildman–Crippen LogP) is 2.52. The van der Waals surface area contributed by atoms with Gasteiger partial charge in [-0.2, -0.15) is 0 Å². The van der Waals surface area contributed by atoms with Crippen molar-refractivity contribution in [1.29, 1.82) is 0 Å². The van der Waals surface area contributed by atoms with Crippen LogP contribution in [0.2, 0.25) is 0 Å². The number of rotatable bonds is 8. The van der Waals surface area contributed by atoms with Gasteiger partial charge in [0.15, 0.2) is 15.5 Å². The number of benzene rings is 2. The van der Waals surface area contributed by atoms with Crippen molar-refractivity contribution in [3.63, 3.8) is 0 Å². The Morgan fingerprint density at radius 1 is 1.07 bits per heavy atom. The van der Waals surface area contributed by atoms with Crippen LogP contribution in [-0.4, -0.2) is 55.3 Å². The third-order valence-electron chi connectivity index (χ3n) is 6.81. The molecule has 0 radical (unpaired) electrons. The molecule has 41 heavy (non-hydrogen) atoms. The smallest absolute Gasteiger partial charge is 0.354 e. The number of nitrogens with two attached hydrogens (primary N) is 1. The first-order chi connectivity index (χ1) is 19.6. The summed E-state index contributed by atoms with van der Waals surface area (Å²) in [5.41, 5.74) is 6.86. The molecule has 2 atom stereocenters. The van der Waals surface area contributed by atoms with Crippen LogP contribution in [0.5, 0.6) is 0 Å². The molecule has 1 saturated heterocycles. The van der Waals surface area contributed by atoms with Crippen molar-refractivity contribution >= 4 is 48.0 Å². The second-order valence-electron chi connectivity index (χ2n) is 9.84. The summed E-state index contributed by atoms with van der Waals surface area (Å²) in [6.45, 7) is 1.58. The quantitative estimate of drug-likeness (QED) is 0.240. The number of carbonyl (C=O) groups excluding carboxylic acids is 4. The highest BCUT2D eigenvalue weighted by Gasteiger charge is 2.48. The van der Waals surface area contributed by atoms with E-state index in [1.807, 2.05) is 6.07 Å². The normalized spacial score (nSPS) is 17.6. The maximum atomic E-state index is 13.4. The van der Waals surface area contributed by atoms with Crippen molar-refractivity contribution in [2.45, 2.75) is 57.0 Å². The van der Waals surface area contributed by atoms with Gasteiger partial charge in [-0.25, -0.2) is 14.6 Å². The number of carbonyl (C=O) groups is 4. The Morgan fingerprint density at radius 3 is 2.41 bits per heavy atom. The molecule has 1 aromatic heterocycles. The lowest BCUT2D eigenvalue weighted by Gasteiger charge is -2.32. The van der Waals surface area contributed by atoms with Crippen LogP contribution < -0.4 is 11.1 Å². The summed E-state index contributed by atoms with van der Waals surface area (Å²) in [7, 11) is 0. The minimum Gasteiger partial charge on any atom is -0.435 e. The molecule has 4 N–H and O–H groups in total. The number of hydrogen-bond acceptors (Lipinski definition) is 9. The largest absolute Gasteiger partial charge is 0.435 e. The molecule has 1 aliphatic carbocycles. The fourth-order valence-corrected chi connectivity index (χ4v) is 7.01. The SMILES string of the molecule is Cc1nc(-c2cccc(I=C3C(=O)OC4(CCCC4)OC3=O)c2)c(C(=O)NC(Cc2ccccc2)C(O)C(N)=O)o1. The van der Waals surface area contributed by atoms with E-state index in [4.69, 9.17) is 19.6 Å². The van der Waals surface area contributed by atoms with Gasteiger partial charge < -0.3 is 30.0 Å². The molecule has 2 unspecified atom stereocenters. The van der Waals surface area contributed by atoms with E-state index >= 15 is 0 Å². The lowest BCUT2D eigenvalue weighted by molar-refractivity contribution is -0.224. The number of aliphatic hydroxyl groups is 1. The number of hydrogen-bond donors (Lipinski definition) is 3. The minimum atomic E-state index is -1.64. The fraction of sp³-hybridized carbons (Fsp3) is 0.310. The molecule has 1 aliphatic heterocycles. The number of aromatic nitrogens is 1. The zero-order chi connectivity index (χ0) is 29.1. The van der Waals surface area contributed by atoms with Gasteiger partial charge in [-0.3, -0.25) is 9.59 Å². The highest BCUT2D eigenvalue weighted by atomic mass is 127. The Hall–Kier alpha value is -3.91. The Labute approximate surface area is 245 Å². The van der Waals surface area contributed by atoms with Crippen LogP contribution in [0.4, 0.5) is 0 Å². The van der Waals surface area contributed by atoms with Crippen molar-refractivity contribution < 1.29 is 38.2 Å². The van der Waals surface area contributed by atoms with Gasteiger partial charge in [0.25, 0.3) is 11.7 Å². The number of aryl methyl sites for hydroxylation is 1. The number of halogens is 1. The van der Waals surface area contributed by atoms with Gasteiger partial charge in [-0.15, -0.1) is 0 Å². The van der Waals surface area contributed by atoms with Gasteiger partial charge in [0.05, 0.1) is 6.04 Å². The molecule has 2 amide bonds. The van der Waals surface area contributed by atoms with E-state index in [2.05, 4.69) is 10.3 Å². The second kappa shape index (κ2) is 11.9. The molecule has 2 aromatic carbocycles. The monoisotopic (exact) mass is 673 g/mol. The molecule has 2 heterocycles. The van der Waals surface area contributed by atoms with E-state index in [0.29, 0.717) is 22.0 Å². The summed E-state index contributed by atoms with van der Waals surface area (Å²) in [6, 6.07) is 15.0. The molecule has 3 aromatic rings. The van der Waals surface area contributed by atoms with Crippen molar-refractivity contribution in [3.8, 4) is 11.3 Å². The van der Waals surface area contributed by atoms with Crippen LogP contribution >= 0.6 is 20.7 Å². The van der Waals surface area contributed by atoms with Crippen LogP contribution in [0.3, 0.4) is 0 Å². The first-order valence-corrected chi connectivity index (χ1v) is 15.2. The number of nitrogens with zero attached hydrogens (tertiary/aromatic N) is 1. The molecule has 2 fully saturated rings. The Morgan fingerprint density at radius 2 is 1.76 bits per heavy atom. The van der Waals surface area contributed by atoms with Gasteiger partial charge in [-0.05, 0) is 37.0 Å². The summed E-state index contributed by atoms with van der Waals surface area (Å²) < 4.78 is 17.4. The van der Waals surface area contributed by atoms with E-state index < -0.39 is 62.4 Å². The van der Waals surface area contributed by atoms with Crippen LogP contribution in [-0.2, 0) is 30.3 Å². The molecule has 0 bridgehead atoms. The highest BCUT2D eigenvalue weighted by molar-refractivity contribution is 14.2. The maximum absolute atomic E-state index is 13.4. The van der Waals surface area contributed by atoms with E-state index in [1.54, 1.807) is 55.5 Å². The van der Waals surface area contributed by atoms with Crippen molar-refractivity contribution in [2.75, 3.05) is 0 Å². The summed E-state index contributed by atoms with van der Waals surface area (Å²) in [4.78, 5) is 55.0. The average molecular weight is 673 g/mol. The Kier molecular flexibility index (Phi) is 8.31. The number of primary amides is 1. The molecule has 1 spiro atoms. The number of amides is 2. The highest BCUT2D eigenvalue weighted by Crippen LogP contribution is 2.38. The van der Waals surface area contributed by atoms with E-state index in [9.17, 15) is 24.3 Å². The van der Waals surface area contributed by atoms with Gasteiger partial charge >= 0.3 is 11.9 Å². The summed E-state index contributed by atoms with van der Waals surface area (Å²) in [5.74, 6) is -4.00. The van der Waals surface area contributed by atoms with E-state index in [0.717, 1.165) is 18.4 Å². The minimum absolute atomic E-state index is 0.00281. The van der Waals surface area contributed by atoms with Crippen LogP contribution in [0.15, 0.2) is 59.0 Å². The standard InChI is InChI=1S/C29H28IN3O8/c1-16-32-22(24(39-16)26(36)33-20(23(34)25(31)35)14-17-8-3-2-4-9-17)18-10-7-11-19(15-18)30-21-27(37)40-29(41-28(21)38)12-5-6-13-29/h2-4,7-11,15,20,23,34H,5-6,12-14H2,1H3,(H2,31,35)(H,33,36). The Bertz CT molecular complexity index is 1510. The van der Waals surface area contributed by atoms with Gasteiger partial charge in [-0.1, -0.05) is 63.2 Å². The number of aliphatic hydroxyl groups excluding tert-OH is 1. The molecule has 1 saturated carbocycles. The average Bonchev–Trinajstić information content (AvgIpc) is 3.57. The number of ether oxygens (including phenoxy) is 2. The van der Waals surface area contributed by atoms with Crippen molar-refractivity contribution in [2.24, 2.45) is 5.73 Å². The van der Waals surface area contributed by atoms with E-state index in [-0.39, 0.29) is 27.3 Å². The zero-order valence-electron chi connectivity index (χ0n) is 22.1. The Balaban J connectivity index is 1.40. The zero-order valence-corrected chi connectivity index (χ0v) is 24.3. The number of nitrogens with one attached hydrogen (secondary N) is 1. The number of esters is 2. The van der Waals surface area contributed by atoms with Gasteiger partial charge in [0.2, 0.25) is 11.7 Å². The van der Waals surface area contributed by atoms with Crippen molar-refractivity contribution in [1.82, 2.24) is 10.3 Å². The first-order valence-electron chi connectivity index (χ1n) is 13.0. The lowest BCUT2D eigenvalue weighted by atomic mass is 10.0. The fourth-order valence-electron chi connectivity index (χ4n) is 4.85. The van der Waals surface area contributed by atoms with Crippen LogP contribution in [0.25, 0.3) is 11.3 Å². The maximum Gasteiger partial charge on any atom is 0.354 e. The lowest BCUT2D eigenvalue weighted by Crippen LogP contribution is -2.50. The van der Waals surface area contributed by atoms with Gasteiger partial charge in [0, 0.05) is 28.9 Å². The summed E-state index contributed by atoms with van der Waals surface area (Å²) >= 11 is -1.27. The molecule has 5 rings (SSSR count). The first kappa shape index (κ1) is 28.6. The van der Waals surface area contributed by atoms with Gasteiger partial charge in [0.1, 0.15) is 5.69 Å². The molecule has 11 nitrogen and oxygen atoms in total. The molecule has 12 heteroatoms. The van der Waals surface area contributed by atoms with Crippen molar-refractivity contribution in [3.05, 3.63) is 75.4 Å². The summed E-state index contributed by atoms with van der Waals surface area (Å²) in [5, 5.41) is 13.1. The molecule has 2 aliphatic rings. The number of oxazole rings is 1. The topological polar surface area (TPSA) is 171 Å². The molecular formula is C29H28IN3O8. The summed E-state index contributed by atoms with van der Waals surface area (Å²) in [6.07, 6.45) is 1.17. The second-order valence-corrected chi connectivity index (χ2v) is 12.7. The third kappa shape index (κ3) is 6.38. The van der Waals surface area contributed by atoms with Crippen LogP contribution in [0, 0.1) is 10.5 Å². The van der Waals surface area contributed by atoms with E-state index in [1.165, 1.54) is 0 Å². The third-order valence-corrected chi connectivity index (χ3v) is 9.52. The van der Waals surface area contributed by atoms with Crippen LogP contribution in [0.1, 0.15) is 47.7 Å². The molecular weight excluding hydrogens is 645 g/mol.